The highest BCUT2D eigenvalue weighted by Crippen LogP contribution is 2.11. The summed E-state index contributed by atoms with van der Waals surface area (Å²) in [7, 11) is 1.54. The minimum atomic E-state index is -0.677. The SMILES string of the molecule is CN1NOC(=O)/C1=C\C(=NC(=O)c1ccccc1)C(=O)NCc1cccs1. The van der Waals surface area contributed by atoms with Crippen LogP contribution in [0.3, 0.4) is 0 Å². The van der Waals surface area contributed by atoms with Crippen LogP contribution in [0.4, 0.5) is 0 Å². The van der Waals surface area contributed by atoms with E-state index >= 15 is 0 Å². The summed E-state index contributed by atoms with van der Waals surface area (Å²) in [5.74, 6) is -1.84. The molecule has 0 bridgehead atoms. The molecule has 2 heterocycles. The third-order valence-electron chi connectivity index (χ3n) is 3.60. The van der Waals surface area contributed by atoms with Gasteiger partial charge in [-0.2, -0.15) is 0 Å². The van der Waals surface area contributed by atoms with Gasteiger partial charge in [-0.15, -0.1) is 11.3 Å². The maximum absolute atomic E-state index is 12.6. The second-order valence-electron chi connectivity index (χ2n) is 5.50. The van der Waals surface area contributed by atoms with Crippen molar-refractivity contribution in [3.63, 3.8) is 0 Å². The number of carbonyl (C=O) groups excluding carboxylic acids is 3. The van der Waals surface area contributed by atoms with Crippen molar-refractivity contribution >= 4 is 34.8 Å². The topological polar surface area (TPSA) is 100 Å². The Morgan fingerprint density at radius 1 is 1.26 bits per heavy atom. The van der Waals surface area contributed by atoms with Crippen LogP contribution in [0.15, 0.2) is 64.6 Å². The quantitative estimate of drug-likeness (QED) is 0.598. The third-order valence-corrected chi connectivity index (χ3v) is 4.47. The summed E-state index contributed by atoms with van der Waals surface area (Å²) in [6, 6.07) is 12.1. The number of nitrogens with one attached hydrogen (secondary N) is 2. The Hall–Kier alpha value is -3.30. The number of hydrogen-bond donors (Lipinski definition) is 2. The van der Waals surface area contributed by atoms with E-state index in [1.807, 2.05) is 17.5 Å². The molecule has 0 spiro atoms. The van der Waals surface area contributed by atoms with E-state index in [4.69, 9.17) is 0 Å². The van der Waals surface area contributed by atoms with Crippen LogP contribution in [0.1, 0.15) is 15.2 Å². The predicted molar refractivity (Wildman–Crippen MR) is 99.4 cm³/mol. The number of nitrogens with zero attached hydrogens (tertiary/aromatic N) is 2. The zero-order valence-corrected chi connectivity index (χ0v) is 15.2. The number of likely N-dealkylation sites (N-methyl/N-ethyl adjacent to an activating group) is 1. The number of carbonyl (C=O) groups is 3. The molecule has 138 valence electrons. The second-order valence-corrected chi connectivity index (χ2v) is 6.53. The molecule has 0 radical (unpaired) electrons. The number of rotatable bonds is 5. The van der Waals surface area contributed by atoms with Crippen molar-refractivity contribution in [2.45, 2.75) is 6.54 Å². The molecule has 1 fully saturated rings. The van der Waals surface area contributed by atoms with Crippen LogP contribution in [0.5, 0.6) is 0 Å². The van der Waals surface area contributed by atoms with Crippen molar-refractivity contribution in [3.05, 3.63) is 70.1 Å². The molecule has 1 aliphatic rings. The van der Waals surface area contributed by atoms with E-state index in [0.29, 0.717) is 5.56 Å². The van der Waals surface area contributed by atoms with Crippen molar-refractivity contribution in [1.29, 1.82) is 0 Å². The normalized spacial score (nSPS) is 15.7. The summed E-state index contributed by atoms with van der Waals surface area (Å²) in [6.07, 6.45) is 1.22. The Bertz CT molecular complexity index is 907. The molecule has 27 heavy (non-hydrogen) atoms. The third kappa shape index (κ3) is 4.66. The molecular formula is C18H16N4O4S. The molecule has 3 rings (SSSR count). The van der Waals surface area contributed by atoms with Gasteiger partial charge in [0.2, 0.25) is 0 Å². The van der Waals surface area contributed by atoms with Gasteiger partial charge in [0, 0.05) is 23.6 Å². The van der Waals surface area contributed by atoms with Crippen LogP contribution < -0.4 is 10.9 Å². The largest absolute Gasteiger partial charge is 0.376 e. The molecule has 0 atom stereocenters. The number of aliphatic imine (C=N–C) groups is 1. The highest BCUT2D eigenvalue weighted by Gasteiger charge is 2.26. The zero-order valence-electron chi connectivity index (χ0n) is 14.3. The van der Waals surface area contributed by atoms with Crippen molar-refractivity contribution in [3.8, 4) is 0 Å². The Kier molecular flexibility index (Phi) is 5.74. The Morgan fingerprint density at radius 2 is 2.04 bits per heavy atom. The van der Waals surface area contributed by atoms with Crippen LogP contribution in [-0.2, 0) is 21.0 Å². The molecule has 8 nitrogen and oxygen atoms in total. The maximum atomic E-state index is 12.6. The minimum Gasteiger partial charge on any atom is -0.346 e. The number of thiophene rings is 1. The number of amides is 2. The lowest BCUT2D eigenvalue weighted by molar-refractivity contribution is -0.142. The molecule has 2 aromatic rings. The Morgan fingerprint density at radius 3 is 2.67 bits per heavy atom. The van der Waals surface area contributed by atoms with Crippen molar-refractivity contribution in [1.82, 2.24) is 15.9 Å². The molecular weight excluding hydrogens is 368 g/mol. The van der Waals surface area contributed by atoms with Gasteiger partial charge >= 0.3 is 5.97 Å². The van der Waals surface area contributed by atoms with Gasteiger partial charge in [0.15, 0.2) is 0 Å². The lowest BCUT2D eigenvalue weighted by atomic mass is 10.2. The first-order chi connectivity index (χ1) is 13.0. The number of benzene rings is 1. The van der Waals surface area contributed by atoms with E-state index in [2.05, 4.69) is 20.7 Å². The van der Waals surface area contributed by atoms with E-state index in [9.17, 15) is 14.4 Å². The first kappa shape index (κ1) is 18.5. The van der Waals surface area contributed by atoms with Crippen molar-refractivity contribution in [2.24, 2.45) is 4.99 Å². The first-order valence-corrected chi connectivity index (χ1v) is 8.83. The summed E-state index contributed by atoms with van der Waals surface area (Å²) >= 11 is 1.49. The molecule has 2 amide bonds. The monoisotopic (exact) mass is 384 g/mol. The highest BCUT2D eigenvalue weighted by atomic mass is 32.1. The lowest BCUT2D eigenvalue weighted by Gasteiger charge is -2.08. The molecule has 0 unspecified atom stereocenters. The van der Waals surface area contributed by atoms with Gasteiger partial charge in [-0.05, 0) is 23.6 Å². The predicted octanol–water partition coefficient (Wildman–Crippen LogP) is 1.44. The number of hydrogen-bond acceptors (Lipinski definition) is 7. The fourth-order valence-corrected chi connectivity index (χ4v) is 2.85. The van der Waals surface area contributed by atoms with E-state index < -0.39 is 17.8 Å². The van der Waals surface area contributed by atoms with E-state index in [1.165, 1.54) is 29.5 Å². The average Bonchev–Trinajstić information content (AvgIpc) is 3.31. The smallest absolute Gasteiger partial charge is 0.346 e. The second kappa shape index (κ2) is 8.39. The fourth-order valence-electron chi connectivity index (χ4n) is 2.21. The van der Waals surface area contributed by atoms with Crippen LogP contribution in [0.2, 0.25) is 0 Å². The highest BCUT2D eigenvalue weighted by molar-refractivity contribution is 7.09. The minimum absolute atomic E-state index is 0.0564. The van der Waals surface area contributed by atoms with Gasteiger partial charge in [0.05, 0.1) is 6.54 Å². The molecule has 2 N–H and O–H groups in total. The van der Waals surface area contributed by atoms with E-state index in [1.54, 1.807) is 30.3 Å². The average molecular weight is 384 g/mol. The fraction of sp³-hybridized carbons (Fsp3) is 0.111. The van der Waals surface area contributed by atoms with Gasteiger partial charge in [0.25, 0.3) is 11.8 Å². The number of hydrazine groups is 1. The van der Waals surface area contributed by atoms with Gasteiger partial charge < -0.3 is 10.2 Å². The van der Waals surface area contributed by atoms with Crippen LogP contribution >= 0.6 is 11.3 Å². The molecule has 1 aliphatic heterocycles. The van der Waals surface area contributed by atoms with Crippen molar-refractivity contribution < 1.29 is 19.2 Å². The standard InChI is InChI=1S/C18H16N4O4S/c1-22-15(18(25)26-21-22)10-14(17(24)19-11-13-8-5-9-27-13)20-16(23)12-6-3-2-4-7-12/h2-10,21H,11H2,1H3,(H,19,24)/b15-10+,20-14?. The van der Waals surface area contributed by atoms with Crippen LogP contribution in [0, 0.1) is 0 Å². The Labute approximate surface area is 159 Å². The summed E-state index contributed by atoms with van der Waals surface area (Å²) in [4.78, 5) is 46.3. The first-order valence-electron chi connectivity index (χ1n) is 7.95. The van der Waals surface area contributed by atoms with E-state index in [-0.39, 0.29) is 18.0 Å². The summed E-state index contributed by atoms with van der Waals surface area (Å²) in [5.41, 5.74) is 2.55. The molecule has 0 saturated carbocycles. The van der Waals surface area contributed by atoms with Crippen LogP contribution in [-0.4, -0.2) is 35.6 Å². The van der Waals surface area contributed by atoms with E-state index in [0.717, 1.165) is 4.88 Å². The summed E-state index contributed by atoms with van der Waals surface area (Å²) in [5, 5.41) is 5.88. The summed E-state index contributed by atoms with van der Waals surface area (Å²) in [6.45, 7) is 0.288. The molecule has 1 aromatic heterocycles. The van der Waals surface area contributed by atoms with Gasteiger partial charge in [-0.3, -0.25) is 14.6 Å². The van der Waals surface area contributed by atoms with Crippen molar-refractivity contribution in [2.75, 3.05) is 7.05 Å². The molecule has 9 heteroatoms. The summed E-state index contributed by atoms with van der Waals surface area (Å²) < 4.78 is 0. The van der Waals surface area contributed by atoms with Crippen LogP contribution in [0.25, 0.3) is 0 Å². The lowest BCUT2D eigenvalue weighted by Crippen LogP contribution is -2.31. The maximum Gasteiger partial charge on any atom is 0.376 e. The van der Waals surface area contributed by atoms with Gasteiger partial charge in [-0.1, -0.05) is 29.9 Å². The molecule has 0 aliphatic carbocycles. The Balaban J connectivity index is 1.87. The zero-order chi connectivity index (χ0) is 19.2. The van der Waals surface area contributed by atoms with Gasteiger partial charge in [-0.25, -0.2) is 9.79 Å². The molecule has 1 aromatic carbocycles. The van der Waals surface area contributed by atoms with Gasteiger partial charge in [0.1, 0.15) is 11.4 Å². The molecule has 1 saturated heterocycles.